The van der Waals surface area contributed by atoms with Gasteiger partial charge in [-0.25, -0.2) is 13.2 Å². The van der Waals surface area contributed by atoms with Crippen molar-refractivity contribution in [3.63, 3.8) is 0 Å². The molecule has 0 fully saturated rings. The third kappa shape index (κ3) is 2.82. The molecule has 0 spiro atoms. The van der Waals surface area contributed by atoms with E-state index in [2.05, 4.69) is 25.2 Å². The highest BCUT2D eigenvalue weighted by atomic mass is 79.9. The van der Waals surface area contributed by atoms with Crippen LogP contribution in [-0.2, 0) is 14.9 Å². The van der Waals surface area contributed by atoms with Crippen molar-refractivity contribution in [1.82, 2.24) is 4.89 Å². The zero-order valence-electron chi connectivity index (χ0n) is 8.06. The Morgan fingerprint density at radius 1 is 1.69 bits per heavy atom. The molecule has 0 aliphatic heterocycles. The predicted octanol–water partition coefficient (Wildman–Crippen LogP) is 0.970. The zero-order chi connectivity index (χ0) is 12.3. The van der Waals surface area contributed by atoms with E-state index in [0.717, 1.165) is 6.07 Å². The molecule has 2 N–H and O–H groups in total. The molecule has 0 radical (unpaired) electrons. The summed E-state index contributed by atoms with van der Waals surface area (Å²) in [5, 5.41) is 8.60. The summed E-state index contributed by atoms with van der Waals surface area (Å²) in [5.74, 6) is -1.85. The number of aromatic carboxylic acids is 1. The summed E-state index contributed by atoms with van der Waals surface area (Å²) < 4.78 is 27.5. The van der Waals surface area contributed by atoms with Crippen LogP contribution in [0.25, 0.3) is 0 Å². The normalized spacial score (nSPS) is 11.6. The maximum atomic E-state index is 11.5. The van der Waals surface area contributed by atoms with Gasteiger partial charge in [0.1, 0.15) is 4.90 Å². The molecule has 1 aromatic heterocycles. The Labute approximate surface area is 99.5 Å². The van der Waals surface area contributed by atoms with E-state index >= 15 is 0 Å². The van der Waals surface area contributed by atoms with Crippen LogP contribution in [0.15, 0.2) is 20.0 Å². The lowest BCUT2D eigenvalue weighted by atomic mass is 10.5. The Kier molecular flexibility index (Phi) is 4.08. The largest absolute Gasteiger partial charge is 0.475 e. The SMILES string of the molecule is CCONS(=O)(=O)c1cc(C(=O)O)oc1Br. The molecule has 0 unspecified atom stereocenters. The smallest absolute Gasteiger partial charge is 0.371 e. The number of hydrogen-bond acceptors (Lipinski definition) is 5. The lowest BCUT2D eigenvalue weighted by Gasteiger charge is -2.02. The van der Waals surface area contributed by atoms with Crippen molar-refractivity contribution in [3.8, 4) is 0 Å². The fraction of sp³-hybridized carbons (Fsp3) is 0.286. The number of furan rings is 1. The van der Waals surface area contributed by atoms with Crippen LogP contribution < -0.4 is 4.89 Å². The quantitative estimate of drug-likeness (QED) is 0.785. The molecule has 0 aliphatic rings. The minimum atomic E-state index is -3.94. The van der Waals surface area contributed by atoms with Gasteiger partial charge in [-0.05, 0) is 22.9 Å². The van der Waals surface area contributed by atoms with E-state index in [9.17, 15) is 13.2 Å². The Hall–Kier alpha value is -0.900. The van der Waals surface area contributed by atoms with Gasteiger partial charge in [-0.3, -0.25) is 4.84 Å². The third-order valence-corrected chi connectivity index (χ3v) is 3.54. The van der Waals surface area contributed by atoms with Crippen LogP contribution in [0.2, 0.25) is 0 Å². The van der Waals surface area contributed by atoms with E-state index in [-0.39, 0.29) is 16.2 Å². The van der Waals surface area contributed by atoms with E-state index in [4.69, 9.17) is 5.11 Å². The first-order chi connectivity index (χ1) is 7.38. The molecule has 9 heteroatoms. The molecule has 7 nitrogen and oxygen atoms in total. The predicted molar refractivity (Wildman–Crippen MR) is 55.3 cm³/mol. The molecule has 1 heterocycles. The summed E-state index contributed by atoms with van der Waals surface area (Å²) in [7, 11) is -3.94. The average molecular weight is 314 g/mol. The van der Waals surface area contributed by atoms with Crippen molar-refractivity contribution in [3.05, 3.63) is 16.5 Å². The van der Waals surface area contributed by atoms with Gasteiger partial charge in [-0.15, -0.1) is 0 Å². The van der Waals surface area contributed by atoms with Crippen molar-refractivity contribution < 1.29 is 27.6 Å². The number of hydrogen-bond donors (Lipinski definition) is 2. The Morgan fingerprint density at radius 2 is 2.31 bits per heavy atom. The minimum absolute atomic E-state index is 0.139. The maximum Gasteiger partial charge on any atom is 0.371 e. The number of nitrogens with one attached hydrogen (secondary N) is 1. The molecule has 1 rings (SSSR count). The first-order valence-corrected chi connectivity index (χ1v) is 6.32. The molecule has 0 aromatic carbocycles. The van der Waals surface area contributed by atoms with Crippen molar-refractivity contribution in [1.29, 1.82) is 0 Å². The highest BCUT2D eigenvalue weighted by Gasteiger charge is 2.24. The van der Waals surface area contributed by atoms with Crippen LogP contribution in [0.3, 0.4) is 0 Å². The van der Waals surface area contributed by atoms with E-state index in [1.54, 1.807) is 6.92 Å². The molecule has 1 aromatic rings. The first-order valence-electron chi connectivity index (χ1n) is 4.04. The van der Waals surface area contributed by atoms with Gasteiger partial charge in [-0.2, -0.15) is 0 Å². The van der Waals surface area contributed by atoms with Gasteiger partial charge >= 0.3 is 5.97 Å². The van der Waals surface area contributed by atoms with Gasteiger partial charge in [0.25, 0.3) is 10.0 Å². The molecular weight excluding hydrogens is 306 g/mol. The summed E-state index contributed by atoms with van der Waals surface area (Å²) in [5.41, 5.74) is 0. The maximum absolute atomic E-state index is 11.5. The first kappa shape index (κ1) is 13.2. The monoisotopic (exact) mass is 313 g/mol. The molecule has 0 saturated carbocycles. The summed E-state index contributed by atoms with van der Waals surface area (Å²) in [6.07, 6.45) is 0. The van der Waals surface area contributed by atoms with Crippen LogP contribution in [0.1, 0.15) is 17.5 Å². The minimum Gasteiger partial charge on any atom is -0.475 e. The lowest BCUT2D eigenvalue weighted by Crippen LogP contribution is -2.23. The molecular formula is C7H8BrNO6S. The van der Waals surface area contributed by atoms with Crippen LogP contribution >= 0.6 is 15.9 Å². The molecule has 16 heavy (non-hydrogen) atoms. The second kappa shape index (κ2) is 4.95. The van der Waals surface area contributed by atoms with Gasteiger partial charge in [0.05, 0.1) is 6.61 Å². The van der Waals surface area contributed by atoms with Crippen LogP contribution in [-0.4, -0.2) is 26.1 Å². The molecule has 0 atom stereocenters. The fourth-order valence-corrected chi connectivity index (χ4v) is 2.63. The van der Waals surface area contributed by atoms with Crippen molar-refractivity contribution in [2.75, 3.05) is 6.61 Å². The highest BCUT2D eigenvalue weighted by Crippen LogP contribution is 2.25. The van der Waals surface area contributed by atoms with Crippen LogP contribution in [0.4, 0.5) is 0 Å². The Balaban J connectivity index is 3.08. The summed E-state index contributed by atoms with van der Waals surface area (Å²) in [6, 6.07) is 0.883. The van der Waals surface area contributed by atoms with Gasteiger partial charge in [0.2, 0.25) is 5.76 Å². The second-order valence-corrected chi connectivity index (χ2v) is 4.91. The lowest BCUT2D eigenvalue weighted by molar-refractivity contribution is 0.0661. The van der Waals surface area contributed by atoms with Crippen molar-refractivity contribution in [2.45, 2.75) is 11.8 Å². The summed E-state index contributed by atoms with van der Waals surface area (Å²) >= 11 is 2.81. The highest BCUT2D eigenvalue weighted by molar-refractivity contribution is 9.10. The van der Waals surface area contributed by atoms with E-state index in [1.165, 1.54) is 0 Å². The number of rotatable bonds is 5. The van der Waals surface area contributed by atoms with Gasteiger partial charge in [0.15, 0.2) is 4.67 Å². The number of carboxylic acids is 1. The van der Waals surface area contributed by atoms with E-state index in [0.29, 0.717) is 0 Å². The molecule has 0 aliphatic carbocycles. The number of halogens is 1. The number of sulfonamides is 1. The summed E-state index contributed by atoms with van der Waals surface area (Å²) in [6.45, 7) is 1.73. The van der Waals surface area contributed by atoms with E-state index in [1.807, 2.05) is 4.89 Å². The topological polar surface area (TPSA) is 106 Å². The number of carboxylic acid groups (broad SMARTS) is 1. The molecule has 0 saturated heterocycles. The van der Waals surface area contributed by atoms with Crippen LogP contribution in [0, 0.1) is 0 Å². The molecule has 90 valence electrons. The average Bonchev–Trinajstić information content (AvgIpc) is 2.58. The van der Waals surface area contributed by atoms with Gasteiger partial charge < -0.3 is 9.52 Å². The third-order valence-electron chi connectivity index (χ3n) is 1.47. The van der Waals surface area contributed by atoms with Gasteiger partial charge in [-0.1, -0.05) is 4.89 Å². The standard InChI is InChI=1S/C7H8BrNO6S/c1-2-14-9-16(12,13)5-3-4(7(10)11)15-6(5)8/h3,9H,2H2,1H3,(H,10,11). The number of carbonyl (C=O) groups is 1. The van der Waals surface area contributed by atoms with E-state index < -0.39 is 21.8 Å². The van der Waals surface area contributed by atoms with Gasteiger partial charge in [0, 0.05) is 6.07 Å². The fourth-order valence-electron chi connectivity index (χ4n) is 0.822. The summed E-state index contributed by atoms with van der Waals surface area (Å²) in [4.78, 5) is 16.5. The van der Waals surface area contributed by atoms with Crippen molar-refractivity contribution in [2.24, 2.45) is 0 Å². The van der Waals surface area contributed by atoms with Crippen molar-refractivity contribution >= 4 is 31.9 Å². The Morgan fingerprint density at radius 3 is 2.75 bits per heavy atom. The second-order valence-electron chi connectivity index (χ2n) is 2.57. The molecule has 0 amide bonds. The zero-order valence-corrected chi connectivity index (χ0v) is 10.5. The Bertz CT molecular complexity index is 493. The van der Waals surface area contributed by atoms with Crippen LogP contribution in [0.5, 0.6) is 0 Å². The molecule has 0 bridgehead atoms.